The van der Waals surface area contributed by atoms with Gasteiger partial charge in [0.2, 0.25) is 15.9 Å². The van der Waals surface area contributed by atoms with Crippen molar-refractivity contribution in [1.29, 1.82) is 0 Å². The van der Waals surface area contributed by atoms with Gasteiger partial charge >= 0.3 is 0 Å². The van der Waals surface area contributed by atoms with E-state index in [0.717, 1.165) is 18.4 Å². The van der Waals surface area contributed by atoms with E-state index in [4.69, 9.17) is 0 Å². The highest BCUT2D eigenvalue weighted by atomic mass is 32.2. The second kappa shape index (κ2) is 7.61. The summed E-state index contributed by atoms with van der Waals surface area (Å²) in [6, 6.07) is 7.91. The molecule has 2 fully saturated rings. The lowest BCUT2D eigenvalue weighted by molar-refractivity contribution is -0.158. The SMILES string of the molecule is CCS(=O)(=O)N1CC(=O)N2[C@H](CO)[C@@H](c3ccc(C4=CCCCC4)cc3)[C@@H]2C1. The third-order valence-electron chi connectivity index (χ3n) is 6.44. The Morgan fingerprint density at radius 1 is 1.18 bits per heavy atom. The van der Waals surface area contributed by atoms with Gasteiger partial charge in [0, 0.05) is 12.5 Å². The first-order chi connectivity index (χ1) is 13.5. The number of aliphatic hydroxyl groups excluding tert-OH is 1. The Hall–Kier alpha value is -1.70. The van der Waals surface area contributed by atoms with E-state index in [2.05, 4.69) is 30.3 Å². The number of hydrogen-bond donors (Lipinski definition) is 1. The summed E-state index contributed by atoms with van der Waals surface area (Å²) in [5.74, 6) is -0.268. The molecule has 4 rings (SSSR count). The molecule has 1 aliphatic carbocycles. The molecule has 0 spiro atoms. The van der Waals surface area contributed by atoms with Gasteiger partial charge in [-0.1, -0.05) is 30.3 Å². The summed E-state index contributed by atoms with van der Waals surface area (Å²) in [5, 5.41) is 9.87. The van der Waals surface area contributed by atoms with Gasteiger partial charge in [0.1, 0.15) is 0 Å². The van der Waals surface area contributed by atoms with Gasteiger partial charge in [-0.05, 0) is 49.3 Å². The van der Waals surface area contributed by atoms with Crippen molar-refractivity contribution in [3.05, 3.63) is 41.5 Å². The van der Waals surface area contributed by atoms with E-state index in [1.54, 1.807) is 11.8 Å². The van der Waals surface area contributed by atoms with Crippen molar-refractivity contribution in [2.75, 3.05) is 25.4 Å². The maximum atomic E-state index is 12.5. The zero-order chi connectivity index (χ0) is 19.9. The van der Waals surface area contributed by atoms with E-state index in [1.807, 2.05) is 0 Å². The number of fused-ring (bicyclic) bond motifs is 1. The molecular formula is C21H28N2O4S. The number of amides is 1. The Balaban J connectivity index is 1.58. The van der Waals surface area contributed by atoms with Gasteiger partial charge in [0.05, 0.1) is 31.0 Å². The molecule has 0 aromatic heterocycles. The van der Waals surface area contributed by atoms with Crippen molar-refractivity contribution < 1.29 is 18.3 Å². The number of carbonyl (C=O) groups is 1. The highest BCUT2D eigenvalue weighted by Crippen LogP contribution is 2.43. The van der Waals surface area contributed by atoms with Crippen LogP contribution in [0.15, 0.2) is 30.3 Å². The minimum absolute atomic E-state index is 0.00902. The number of nitrogens with zero attached hydrogens (tertiary/aromatic N) is 2. The Morgan fingerprint density at radius 2 is 1.93 bits per heavy atom. The summed E-state index contributed by atoms with van der Waals surface area (Å²) >= 11 is 0. The summed E-state index contributed by atoms with van der Waals surface area (Å²) in [6.07, 6.45) is 7.03. The number of aliphatic hydroxyl groups is 1. The van der Waals surface area contributed by atoms with Gasteiger partial charge in [-0.3, -0.25) is 4.79 Å². The molecule has 6 nitrogen and oxygen atoms in total. The van der Waals surface area contributed by atoms with E-state index in [-0.39, 0.29) is 42.8 Å². The monoisotopic (exact) mass is 404 g/mol. The first-order valence-corrected chi connectivity index (χ1v) is 11.8. The molecule has 0 bridgehead atoms. The maximum absolute atomic E-state index is 12.5. The minimum Gasteiger partial charge on any atom is -0.394 e. The molecule has 0 unspecified atom stereocenters. The van der Waals surface area contributed by atoms with E-state index < -0.39 is 10.0 Å². The zero-order valence-electron chi connectivity index (χ0n) is 16.3. The Labute approximate surface area is 166 Å². The lowest BCUT2D eigenvalue weighted by Crippen LogP contribution is -2.73. The predicted molar refractivity (Wildman–Crippen MR) is 108 cm³/mol. The number of carbonyl (C=O) groups excluding carboxylic acids is 1. The number of benzene rings is 1. The average molecular weight is 405 g/mol. The van der Waals surface area contributed by atoms with E-state index in [9.17, 15) is 18.3 Å². The van der Waals surface area contributed by atoms with E-state index >= 15 is 0 Å². The number of piperazine rings is 1. The predicted octanol–water partition coefficient (Wildman–Crippen LogP) is 1.96. The van der Waals surface area contributed by atoms with Crippen molar-refractivity contribution >= 4 is 21.5 Å². The Kier molecular flexibility index (Phi) is 5.33. The normalized spacial score (nSPS) is 28.5. The highest BCUT2D eigenvalue weighted by Gasteiger charge is 2.55. The van der Waals surface area contributed by atoms with Crippen LogP contribution in [0.5, 0.6) is 0 Å². The third kappa shape index (κ3) is 3.29. The fourth-order valence-corrected chi connectivity index (χ4v) is 5.94. The number of hydrogen-bond acceptors (Lipinski definition) is 4. The molecule has 152 valence electrons. The van der Waals surface area contributed by atoms with Crippen LogP contribution in [0.1, 0.15) is 49.7 Å². The lowest BCUT2D eigenvalue weighted by atomic mass is 9.74. The quantitative estimate of drug-likeness (QED) is 0.814. The molecule has 28 heavy (non-hydrogen) atoms. The molecule has 0 radical (unpaired) electrons. The molecule has 0 saturated carbocycles. The Bertz CT molecular complexity index is 878. The van der Waals surface area contributed by atoms with E-state index in [0.29, 0.717) is 6.54 Å². The maximum Gasteiger partial charge on any atom is 0.238 e. The lowest BCUT2D eigenvalue weighted by Gasteiger charge is -2.58. The smallest absolute Gasteiger partial charge is 0.238 e. The molecule has 1 aromatic carbocycles. The summed E-state index contributed by atoms with van der Waals surface area (Å²) in [5.41, 5.74) is 3.68. The summed E-state index contributed by atoms with van der Waals surface area (Å²) in [6.45, 7) is 1.67. The van der Waals surface area contributed by atoms with Crippen molar-refractivity contribution in [3.8, 4) is 0 Å². The molecule has 3 atom stereocenters. The van der Waals surface area contributed by atoms with Gasteiger partial charge in [-0.15, -0.1) is 0 Å². The third-order valence-corrected chi connectivity index (χ3v) is 8.23. The van der Waals surface area contributed by atoms with Gasteiger partial charge in [-0.25, -0.2) is 8.42 Å². The summed E-state index contributed by atoms with van der Waals surface area (Å²) in [7, 11) is -3.41. The molecule has 1 aromatic rings. The molecular weight excluding hydrogens is 376 g/mol. The van der Waals surface area contributed by atoms with Crippen molar-refractivity contribution in [2.24, 2.45) is 0 Å². The highest BCUT2D eigenvalue weighted by molar-refractivity contribution is 7.89. The van der Waals surface area contributed by atoms with Crippen molar-refractivity contribution in [3.63, 3.8) is 0 Å². The Morgan fingerprint density at radius 3 is 2.54 bits per heavy atom. The van der Waals surface area contributed by atoms with Gasteiger partial charge in [-0.2, -0.15) is 4.31 Å². The molecule has 7 heteroatoms. The molecule has 2 saturated heterocycles. The van der Waals surface area contributed by atoms with Crippen LogP contribution >= 0.6 is 0 Å². The standard InChI is InChI=1S/C21H28N2O4S/c1-2-28(26,27)22-12-18-21(19(14-24)23(18)20(25)13-22)17-10-8-16(9-11-17)15-6-4-3-5-7-15/h6,8-11,18-19,21,24H,2-5,7,12-14H2,1H3/t18-,19+,21-/m0/s1. The van der Waals surface area contributed by atoms with Crippen LogP contribution in [0.3, 0.4) is 0 Å². The van der Waals surface area contributed by atoms with Gasteiger partial charge in [0.25, 0.3) is 0 Å². The van der Waals surface area contributed by atoms with Gasteiger partial charge in [0.15, 0.2) is 0 Å². The molecule has 1 amide bonds. The number of rotatable bonds is 5. The largest absolute Gasteiger partial charge is 0.394 e. The summed E-state index contributed by atoms with van der Waals surface area (Å²) in [4.78, 5) is 14.2. The molecule has 3 aliphatic rings. The van der Waals surface area contributed by atoms with Gasteiger partial charge < -0.3 is 10.0 Å². The van der Waals surface area contributed by atoms with Crippen LogP contribution in [0.2, 0.25) is 0 Å². The second-order valence-electron chi connectivity index (χ2n) is 7.93. The number of sulfonamides is 1. The van der Waals surface area contributed by atoms with E-state index in [1.165, 1.54) is 28.3 Å². The zero-order valence-corrected chi connectivity index (χ0v) is 17.1. The summed E-state index contributed by atoms with van der Waals surface area (Å²) < 4.78 is 25.9. The van der Waals surface area contributed by atoms with Crippen LogP contribution in [0.25, 0.3) is 5.57 Å². The van der Waals surface area contributed by atoms with Crippen LogP contribution in [-0.2, 0) is 14.8 Å². The van der Waals surface area contributed by atoms with Crippen LogP contribution < -0.4 is 0 Å². The second-order valence-corrected chi connectivity index (χ2v) is 10.2. The average Bonchev–Trinajstić information content (AvgIpc) is 2.70. The first-order valence-electron chi connectivity index (χ1n) is 10.2. The van der Waals surface area contributed by atoms with Crippen LogP contribution in [0, 0.1) is 0 Å². The fourth-order valence-electron chi connectivity index (χ4n) is 4.88. The molecule has 1 N–H and O–H groups in total. The first kappa shape index (κ1) is 19.6. The van der Waals surface area contributed by atoms with Crippen molar-refractivity contribution in [1.82, 2.24) is 9.21 Å². The van der Waals surface area contributed by atoms with Crippen molar-refractivity contribution in [2.45, 2.75) is 50.6 Å². The molecule has 2 aliphatic heterocycles. The van der Waals surface area contributed by atoms with Crippen LogP contribution in [0.4, 0.5) is 0 Å². The molecule has 2 heterocycles. The number of allylic oxidation sites excluding steroid dienone is 2. The minimum atomic E-state index is -3.41. The topological polar surface area (TPSA) is 77.9 Å². The van der Waals surface area contributed by atoms with Crippen LogP contribution in [-0.4, -0.2) is 66.2 Å². The fraction of sp³-hybridized carbons (Fsp3) is 0.571.